The molecule has 0 N–H and O–H groups in total. The summed E-state index contributed by atoms with van der Waals surface area (Å²) in [5.41, 5.74) is 0. The van der Waals surface area contributed by atoms with Crippen molar-refractivity contribution in [1.82, 2.24) is 4.90 Å². The molecule has 0 aromatic carbocycles. The van der Waals surface area contributed by atoms with Gasteiger partial charge < -0.3 is 9.64 Å². The molecule has 0 saturated heterocycles. The molecule has 17 heavy (non-hydrogen) atoms. The molecule has 1 fully saturated rings. The monoisotopic (exact) mass is 241 g/mol. The van der Waals surface area contributed by atoms with Crippen molar-refractivity contribution in [2.24, 2.45) is 5.92 Å². The Labute approximate surface area is 108 Å². The molecule has 102 valence electrons. The molecule has 0 spiro atoms. The van der Waals surface area contributed by atoms with Gasteiger partial charge in [0.15, 0.2) is 0 Å². The summed E-state index contributed by atoms with van der Waals surface area (Å²) in [5.74, 6) is 0.928. The summed E-state index contributed by atoms with van der Waals surface area (Å²) in [6, 6.07) is 0. The third kappa shape index (κ3) is 7.05. The summed E-state index contributed by atoms with van der Waals surface area (Å²) < 4.78 is 5.95. The van der Waals surface area contributed by atoms with Crippen LogP contribution in [0.5, 0.6) is 0 Å². The molecule has 0 aliphatic heterocycles. The molecule has 1 saturated carbocycles. The fourth-order valence-electron chi connectivity index (χ4n) is 2.62. The van der Waals surface area contributed by atoms with Crippen LogP contribution >= 0.6 is 0 Å². The van der Waals surface area contributed by atoms with Gasteiger partial charge in [0.2, 0.25) is 0 Å². The second kappa shape index (κ2) is 8.93. The van der Waals surface area contributed by atoms with Crippen LogP contribution in [0.2, 0.25) is 0 Å². The minimum Gasteiger partial charge on any atom is -0.378 e. The molecule has 0 aromatic rings. The molecular formula is C15H31NO. The molecule has 0 heterocycles. The highest BCUT2D eigenvalue weighted by Crippen LogP contribution is 2.25. The molecule has 0 radical (unpaired) electrons. The van der Waals surface area contributed by atoms with E-state index in [4.69, 9.17) is 4.74 Å². The van der Waals surface area contributed by atoms with Crippen LogP contribution in [0.4, 0.5) is 0 Å². The predicted octanol–water partition coefficient (Wildman–Crippen LogP) is 3.70. The van der Waals surface area contributed by atoms with Gasteiger partial charge in [0.25, 0.3) is 0 Å². The van der Waals surface area contributed by atoms with Crippen molar-refractivity contribution in [3.63, 3.8) is 0 Å². The van der Waals surface area contributed by atoms with E-state index in [2.05, 4.69) is 25.8 Å². The average molecular weight is 241 g/mol. The van der Waals surface area contributed by atoms with Crippen LogP contribution in [0.25, 0.3) is 0 Å². The summed E-state index contributed by atoms with van der Waals surface area (Å²) >= 11 is 0. The van der Waals surface area contributed by atoms with E-state index in [0.717, 1.165) is 12.5 Å². The smallest absolute Gasteiger partial charge is 0.0575 e. The number of hydrogen-bond donors (Lipinski definition) is 0. The molecule has 1 aliphatic carbocycles. The highest BCUT2D eigenvalue weighted by molar-refractivity contribution is 4.69. The first kappa shape index (κ1) is 15.0. The molecule has 1 rings (SSSR count). The maximum atomic E-state index is 5.95. The standard InChI is InChI=1S/C15H31NO/c1-4-11-16(3)12-5-6-13-17-15-9-7-14(2)8-10-15/h14-15H,4-13H2,1-3H3. The van der Waals surface area contributed by atoms with Gasteiger partial charge in [-0.15, -0.1) is 0 Å². The Bertz CT molecular complexity index is 176. The lowest BCUT2D eigenvalue weighted by Crippen LogP contribution is -2.22. The maximum absolute atomic E-state index is 5.95. The SMILES string of the molecule is CCCN(C)CCCCOC1CCC(C)CC1. The van der Waals surface area contributed by atoms with Crippen LogP contribution in [0.15, 0.2) is 0 Å². The van der Waals surface area contributed by atoms with E-state index < -0.39 is 0 Å². The molecule has 2 nitrogen and oxygen atoms in total. The van der Waals surface area contributed by atoms with Crippen LogP contribution in [-0.4, -0.2) is 37.7 Å². The first-order valence-electron chi connectivity index (χ1n) is 7.52. The van der Waals surface area contributed by atoms with Gasteiger partial charge >= 0.3 is 0 Å². The van der Waals surface area contributed by atoms with E-state index in [0.29, 0.717) is 6.10 Å². The fraction of sp³-hybridized carbons (Fsp3) is 1.00. The molecule has 0 unspecified atom stereocenters. The van der Waals surface area contributed by atoms with E-state index in [9.17, 15) is 0 Å². The van der Waals surface area contributed by atoms with Gasteiger partial charge in [0, 0.05) is 6.61 Å². The van der Waals surface area contributed by atoms with Crippen molar-refractivity contribution in [3.8, 4) is 0 Å². The Hall–Kier alpha value is -0.0800. The summed E-state index contributed by atoms with van der Waals surface area (Å²) in [6.45, 7) is 8.02. The van der Waals surface area contributed by atoms with Gasteiger partial charge in [-0.1, -0.05) is 13.8 Å². The van der Waals surface area contributed by atoms with Crippen LogP contribution in [-0.2, 0) is 4.74 Å². The van der Waals surface area contributed by atoms with Crippen molar-refractivity contribution in [2.45, 2.75) is 64.9 Å². The van der Waals surface area contributed by atoms with Crippen LogP contribution in [0.1, 0.15) is 58.8 Å². The molecule has 0 aromatic heterocycles. The van der Waals surface area contributed by atoms with Crippen LogP contribution < -0.4 is 0 Å². The Kier molecular flexibility index (Phi) is 7.87. The summed E-state index contributed by atoms with van der Waals surface area (Å²) in [6.07, 6.45) is 9.63. The molecule has 0 atom stereocenters. The van der Waals surface area contributed by atoms with Crippen LogP contribution in [0.3, 0.4) is 0 Å². The minimum atomic E-state index is 0.569. The number of hydrogen-bond acceptors (Lipinski definition) is 2. The lowest BCUT2D eigenvalue weighted by atomic mass is 9.89. The van der Waals surface area contributed by atoms with E-state index in [1.165, 1.54) is 58.0 Å². The van der Waals surface area contributed by atoms with Crippen molar-refractivity contribution >= 4 is 0 Å². The lowest BCUT2D eigenvalue weighted by Gasteiger charge is -2.26. The molecule has 0 bridgehead atoms. The summed E-state index contributed by atoms with van der Waals surface area (Å²) in [7, 11) is 2.22. The third-order valence-corrected chi connectivity index (χ3v) is 3.86. The normalized spacial score (nSPS) is 25.4. The number of ether oxygens (including phenoxy) is 1. The molecule has 0 amide bonds. The largest absolute Gasteiger partial charge is 0.378 e. The van der Waals surface area contributed by atoms with Crippen molar-refractivity contribution in [2.75, 3.05) is 26.7 Å². The highest BCUT2D eigenvalue weighted by atomic mass is 16.5. The maximum Gasteiger partial charge on any atom is 0.0575 e. The van der Waals surface area contributed by atoms with E-state index in [1.807, 2.05) is 0 Å². The van der Waals surface area contributed by atoms with E-state index in [1.54, 1.807) is 0 Å². The molecular weight excluding hydrogens is 210 g/mol. The topological polar surface area (TPSA) is 12.5 Å². The first-order chi connectivity index (χ1) is 8.22. The Morgan fingerprint density at radius 3 is 2.41 bits per heavy atom. The van der Waals surface area contributed by atoms with Gasteiger partial charge in [-0.2, -0.15) is 0 Å². The summed E-state index contributed by atoms with van der Waals surface area (Å²) in [4.78, 5) is 2.42. The second-order valence-corrected chi connectivity index (χ2v) is 5.76. The zero-order valence-electron chi connectivity index (χ0n) is 12.1. The van der Waals surface area contributed by atoms with E-state index in [-0.39, 0.29) is 0 Å². The summed E-state index contributed by atoms with van der Waals surface area (Å²) in [5, 5.41) is 0. The Morgan fingerprint density at radius 1 is 1.06 bits per heavy atom. The van der Waals surface area contributed by atoms with Gasteiger partial charge in [-0.05, 0) is 71.0 Å². The van der Waals surface area contributed by atoms with Gasteiger partial charge in [0.1, 0.15) is 0 Å². The second-order valence-electron chi connectivity index (χ2n) is 5.76. The van der Waals surface area contributed by atoms with Crippen LogP contribution in [0, 0.1) is 5.92 Å². The molecule has 1 aliphatic rings. The Morgan fingerprint density at radius 2 is 1.76 bits per heavy atom. The van der Waals surface area contributed by atoms with E-state index >= 15 is 0 Å². The van der Waals surface area contributed by atoms with Gasteiger partial charge in [0.05, 0.1) is 6.10 Å². The third-order valence-electron chi connectivity index (χ3n) is 3.86. The highest BCUT2D eigenvalue weighted by Gasteiger charge is 2.17. The number of nitrogens with zero attached hydrogens (tertiary/aromatic N) is 1. The zero-order chi connectivity index (χ0) is 12.5. The van der Waals surface area contributed by atoms with Gasteiger partial charge in [-0.3, -0.25) is 0 Å². The minimum absolute atomic E-state index is 0.569. The Balaban J connectivity index is 1.90. The zero-order valence-corrected chi connectivity index (χ0v) is 12.1. The quantitative estimate of drug-likeness (QED) is 0.601. The van der Waals surface area contributed by atoms with Gasteiger partial charge in [-0.25, -0.2) is 0 Å². The first-order valence-corrected chi connectivity index (χ1v) is 7.52. The van der Waals surface area contributed by atoms with Crippen molar-refractivity contribution < 1.29 is 4.74 Å². The fourth-order valence-corrected chi connectivity index (χ4v) is 2.62. The predicted molar refractivity (Wildman–Crippen MR) is 74.4 cm³/mol. The number of rotatable bonds is 8. The molecule has 2 heteroatoms. The average Bonchev–Trinajstić information content (AvgIpc) is 2.31. The van der Waals surface area contributed by atoms with Crippen molar-refractivity contribution in [1.29, 1.82) is 0 Å². The van der Waals surface area contributed by atoms with Crippen molar-refractivity contribution in [3.05, 3.63) is 0 Å². The number of unbranched alkanes of at least 4 members (excludes halogenated alkanes) is 1. The lowest BCUT2D eigenvalue weighted by molar-refractivity contribution is 0.0174.